The lowest BCUT2D eigenvalue weighted by Crippen LogP contribution is -2.59. The van der Waals surface area contributed by atoms with E-state index in [0.29, 0.717) is 12.8 Å². The molecular formula is C40H46F2N4O8S. The first-order chi connectivity index (χ1) is 25.9. The van der Waals surface area contributed by atoms with E-state index >= 15 is 8.78 Å². The van der Waals surface area contributed by atoms with E-state index in [2.05, 4.69) is 10.6 Å². The normalized spacial score (nSPS) is 15.6. The standard InChI is InChI=1S/C40H46F2N4O8S/c1-25(2)33(35(48)40(41,42)32(47)19-11-15-27-13-7-5-8-14-27)43-38(51)31-18-12-24-46(31)39(52)34(26(3)4)44-36(49)28-20-22-29(23-21-28)37(50)45-55(53,54)30-16-9-6-10-17-30/h5-10,13-14,16-17,20-23,25-26,31,33-34H,11-12,15,18-19,24H2,1-4H3,(H,43,51)(H,44,49)(H,45,50)/t31-,33?,34-/m0/s1. The largest absolute Gasteiger partial charge is 0.364 e. The zero-order chi connectivity index (χ0) is 40.5. The maximum Gasteiger partial charge on any atom is 0.364 e. The predicted molar refractivity (Wildman–Crippen MR) is 199 cm³/mol. The Morgan fingerprint density at radius 3 is 1.87 bits per heavy atom. The topological polar surface area (TPSA) is 176 Å². The Labute approximate surface area is 319 Å². The fourth-order valence-corrected chi connectivity index (χ4v) is 7.20. The number of rotatable bonds is 17. The van der Waals surface area contributed by atoms with E-state index in [9.17, 15) is 37.2 Å². The third kappa shape index (κ3) is 10.7. The van der Waals surface area contributed by atoms with E-state index in [0.717, 1.165) is 5.56 Å². The number of ketones is 2. The Balaban J connectivity index is 1.39. The van der Waals surface area contributed by atoms with Crippen LogP contribution in [0.15, 0.2) is 89.8 Å². The molecule has 1 unspecified atom stereocenters. The van der Waals surface area contributed by atoms with E-state index < -0.39 is 87.5 Å². The third-order valence-electron chi connectivity index (χ3n) is 9.37. The number of nitrogens with one attached hydrogen (secondary N) is 3. The summed E-state index contributed by atoms with van der Waals surface area (Å²) in [5.74, 6) is -11.9. The minimum atomic E-state index is -4.33. The van der Waals surface area contributed by atoms with Gasteiger partial charge in [0.05, 0.1) is 10.9 Å². The molecule has 294 valence electrons. The molecule has 0 spiro atoms. The van der Waals surface area contributed by atoms with E-state index in [1.54, 1.807) is 44.2 Å². The summed E-state index contributed by atoms with van der Waals surface area (Å²) in [6.45, 7) is 6.42. The summed E-state index contributed by atoms with van der Waals surface area (Å²) in [6.07, 6.45) is 0.523. The molecule has 1 aliphatic rings. The number of benzene rings is 3. The van der Waals surface area contributed by atoms with Crippen molar-refractivity contribution in [3.05, 3.63) is 102 Å². The number of carbonyl (C=O) groups excluding carboxylic acids is 6. The lowest BCUT2D eigenvalue weighted by Gasteiger charge is -2.32. The molecule has 3 N–H and O–H groups in total. The first kappa shape index (κ1) is 42.4. The maximum absolute atomic E-state index is 15.2. The lowest BCUT2D eigenvalue weighted by atomic mass is 9.92. The number of aryl methyl sites for hydroxylation is 1. The Bertz CT molecular complexity index is 1970. The molecule has 3 aromatic carbocycles. The fourth-order valence-electron chi connectivity index (χ4n) is 6.20. The van der Waals surface area contributed by atoms with Crippen molar-refractivity contribution in [3.63, 3.8) is 0 Å². The highest BCUT2D eigenvalue weighted by molar-refractivity contribution is 7.90. The molecule has 0 aliphatic carbocycles. The van der Waals surface area contributed by atoms with Crippen molar-refractivity contribution in [2.75, 3.05) is 6.54 Å². The molecule has 55 heavy (non-hydrogen) atoms. The van der Waals surface area contributed by atoms with Gasteiger partial charge in [0.25, 0.3) is 21.8 Å². The van der Waals surface area contributed by atoms with Crippen LogP contribution in [0.1, 0.15) is 79.7 Å². The maximum atomic E-state index is 15.2. The van der Waals surface area contributed by atoms with Crippen LogP contribution in [0.2, 0.25) is 0 Å². The number of amides is 4. The average molecular weight is 781 g/mol. The number of likely N-dealkylation sites (tertiary alicyclic amines) is 1. The van der Waals surface area contributed by atoms with E-state index in [4.69, 9.17) is 0 Å². The summed E-state index contributed by atoms with van der Waals surface area (Å²) < 4.78 is 57.5. The number of halogens is 2. The molecule has 15 heteroatoms. The summed E-state index contributed by atoms with van der Waals surface area (Å²) in [6, 6.07) is 17.5. The molecule has 4 amide bonds. The molecule has 1 fully saturated rings. The van der Waals surface area contributed by atoms with Gasteiger partial charge in [-0.1, -0.05) is 76.2 Å². The van der Waals surface area contributed by atoms with Gasteiger partial charge in [-0.3, -0.25) is 28.8 Å². The summed E-state index contributed by atoms with van der Waals surface area (Å²) in [5, 5.41) is 5.05. The van der Waals surface area contributed by atoms with Crippen LogP contribution < -0.4 is 15.4 Å². The van der Waals surface area contributed by atoms with Gasteiger partial charge in [-0.15, -0.1) is 0 Å². The lowest BCUT2D eigenvalue weighted by molar-refractivity contribution is -0.160. The molecule has 1 aliphatic heterocycles. The molecular weight excluding hydrogens is 735 g/mol. The number of alkyl halides is 2. The van der Waals surface area contributed by atoms with Crippen LogP contribution in [0.25, 0.3) is 0 Å². The first-order valence-electron chi connectivity index (χ1n) is 18.1. The Morgan fingerprint density at radius 2 is 1.31 bits per heavy atom. The molecule has 1 saturated heterocycles. The van der Waals surface area contributed by atoms with Gasteiger partial charge in [-0.25, -0.2) is 13.1 Å². The highest BCUT2D eigenvalue weighted by Crippen LogP contribution is 2.26. The van der Waals surface area contributed by atoms with Gasteiger partial charge in [-0.05, 0) is 79.5 Å². The van der Waals surface area contributed by atoms with Crippen molar-refractivity contribution >= 4 is 45.2 Å². The summed E-state index contributed by atoms with van der Waals surface area (Å²) in [4.78, 5) is 80.2. The number of hydrogen-bond acceptors (Lipinski definition) is 8. The van der Waals surface area contributed by atoms with Crippen LogP contribution in [0.4, 0.5) is 8.78 Å². The minimum absolute atomic E-state index is 0.0400. The molecule has 0 radical (unpaired) electrons. The zero-order valence-electron chi connectivity index (χ0n) is 31.1. The second-order valence-corrected chi connectivity index (χ2v) is 15.8. The van der Waals surface area contributed by atoms with Gasteiger partial charge in [0.2, 0.25) is 23.4 Å². The third-order valence-corrected chi connectivity index (χ3v) is 10.7. The molecule has 0 aromatic heterocycles. The summed E-state index contributed by atoms with van der Waals surface area (Å²) in [5.41, 5.74) is 0.885. The quantitative estimate of drug-likeness (QED) is 0.168. The van der Waals surface area contributed by atoms with E-state index in [1.165, 1.54) is 67.3 Å². The fraction of sp³-hybridized carbons (Fsp3) is 0.400. The van der Waals surface area contributed by atoms with Gasteiger partial charge in [0.15, 0.2) is 0 Å². The Hall–Kier alpha value is -5.31. The predicted octanol–water partition coefficient (Wildman–Crippen LogP) is 4.49. The number of carbonyl (C=O) groups is 6. The SMILES string of the molecule is CC(C)C(NC(=O)[C@@H]1CCCN1C(=O)[C@@H](NC(=O)c1ccc(C(=O)NS(=O)(=O)c2ccccc2)cc1)C(C)C)C(=O)C(F)(F)C(=O)CCCc1ccccc1. The Morgan fingerprint density at radius 1 is 0.764 bits per heavy atom. The molecule has 0 bridgehead atoms. The van der Waals surface area contributed by atoms with Gasteiger partial charge in [0.1, 0.15) is 12.1 Å². The second kappa shape index (κ2) is 18.3. The molecule has 3 aromatic rings. The number of hydrogen-bond donors (Lipinski definition) is 3. The molecule has 4 rings (SSSR count). The molecule has 1 heterocycles. The van der Waals surface area contributed by atoms with Crippen molar-refractivity contribution in [1.29, 1.82) is 0 Å². The highest BCUT2D eigenvalue weighted by atomic mass is 32.2. The Kier molecular flexibility index (Phi) is 14.2. The van der Waals surface area contributed by atoms with Gasteiger partial charge >= 0.3 is 5.92 Å². The van der Waals surface area contributed by atoms with E-state index in [1.807, 2.05) is 10.8 Å². The van der Waals surface area contributed by atoms with Crippen molar-refractivity contribution < 1.29 is 46.0 Å². The van der Waals surface area contributed by atoms with Crippen LogP contribution >= 0.6 is 0 Å². The van der Waals surface area contributed by atoms with Crippen molar-refractivity contribution in [2.45, 2.75) is 88.7 Å². The first-order valence-corrected chi connectivity index (χ1v) is 19.6. The van der Waals surface area contributed by atoms with Crippen LogP contribution in [-0.4, -0.2) is 79.1 Å². The molecule has 0 saturated carbocycles. The second-order valence-electron chi connectivity index (χ2n) is 14.1. The van der Waals surface area contributed by atoms with Crippen LogP contribution in [-0.2, 0) is 35.6 Å². The number of Topliss-reactive ketones (excluding diaryl/α,β-unsaturated/α-hetero) is 2. The van der Waals surface area contributed by atoms with Crippen molar-refractivity contribution in [3.8, 4) is 0 Å². The minimum Gasteiger partial charge on any atom is -0.344 e. The van der Waals surface area contributed by atoms with Crippen LogP contribution in [0.3, 0.4) is 0 Å². The monoisotopic (exact) mass is 780 g/mol. The average Bonchev–Trinajstić information content (AvgIpc) is 3.66. The number of sulfonamides is 1. The van der Waals surface area contributed by atoms with Crippen molar-refractivity contribution in [2.24, 2.45) is 11.8 Å². The number of nitrogens with zero attached hydrogens (tertiary/aromatic N) is 1. The van der Waals surface area contributed by atoms with Crippen LogP contribution in [0, 0.1) is 11.8 Å². The van der Waals surface area contributed by atoms with Crippen LogP contribution in [0.5, 0.6) is 0 Å². The van der Waals surface area contributed by atoms with E-state index in [-0.39, 0.29) is 35.4 Å². The molecule has 3 atom stereocenters. The smallest absolute Gasteiger partial charge is 0.344 e. The zero-order valence-corrected chi connectivity index (χ0v) is 31.9. The highest BCUT2D eigenvalue weighted by Gasteiger charge is 2.51. The molecule has 12 nitrogen and oxygen atoms in total. The summed E-state index contributed by atoms with van der Waals surface area (Å²) in [7, 11) is -4.14. The summed E-state index contributed by atoms with van der Waals surface area (Å²) >= 11 is 0. The van der Waals surface area contributed by atoms with Gasteiger partial charge < -0.3 is 15.5 Å². The van der Waals surface area contributed by atoms with Crippen molar-refractivity contribution in [1.82, 2.24) is 20.3 Å². The van der Waals surface area contributed by atoms with Gasteiger partial charge in [0, 0.05) is 24.1 Å². The van der Waals surface area contributed by atoms with Gasteiger partial charge in [-0.2, -0.15) is 8.78 Å².